The van der Waals surface area contributed by atoms with Crippen LogP contribution in [0.2, 0.25) is 0 Å². The minimum absolute atomic E-state index is 0.828. The zero-order chi connectivity index (χ0) is 15.9. The molecule has 0 bridgehead atoms. The van der Waals surface area contributed by atoms with Crippen molar-refractivity contribution >= 4 is 16.7 Å². The number of pyridine rings is 2. The molecule has 5 rings (SSSR count). The predicted molar refractivity (Wildman–Crippen MR) is 93.5 cm³/mol. The molecule has 24 heavy (non-hydrogen) atoms. The first-order chi connectivity index (χ1) is 11.9. The largest absolute Gasteiger partial charge is 0.346 e. The average molecular weight is 311 g/mol. The van der Waals surface area contributed by atoms with Crippen LogP contribution in [-0.4, -0.2) is 24.6 Å². The van der Waals surface area contributed by atoms with Crippen LogP contribution in [0.5, 0.6) is 0 Å². The highest BCUT2D eigenvalue weighted by molar-refractivity contribution is 5.96. The maximum Gasteiger partial charge on any atom is 0.155 e. The maximum atomic E-state index is 4.57. The van der Waals surface area contributed by atoms with E-state index in [2.05, 4.69) is 38.2 Å². The van der Waals surface area contributed by atoms with Crippen molar-refractivity contribution in [3.05, 3.63) is 73.4 Å². The van der Waals surface area contributed by atoms with E-state index in [0.29, 0.717) is 0 Å². The van der Waals surface area contributed by atoms with E-state index in [0.717, 1.165) is 38.9 Å². The smallest absolute Gasteiger partial charge is 0.155 e. The van der Waals surface area contributed by atoms with Crippen LogP contribution in [0.25, 0.3) is 38.9 Å². The summed E-state index contributed by atoms with van der Waals surface area (Å²) in [5, 5.41) is 5.24. The lowest BCUT2D eigenvalue weighted by Crippen LogP contribution is -1.87. The lowest BCUT2D eigenvalue weighted by molar-refractivity contribution is 0.962. The van der Waals surface area contributed by atoms with Gasteiger partial charge in [0.2, 0.25) is 0 Å². The summed E-state index contributed by atoms with van der Waals surface area (Å²) in [5.74, 6) is 0. The van der Waals surface area contributed by atoms with Crippen LogP contribution in [0.4, 0.5) is 0 Å². The van der Waals surface area contributed by atoms with Gasteiger partial charge in [-0.05, 0) is 29.3 Å². The van der Waals surface area contributed by atoms with E-state index < -0.39 is 0 Å². The molecule has 0 amide bonds. The van der Waals surface area contributed by atoms with Crippen molar-refractivity contribution in [2.45, 2.75) is 0 Å². The summed E-state index contributed by atoms with van der Waals surface area (Å²) in [7, 11) is 0. The van der Waals surface area contributed by atoms with Crippen molar-refractivity contribution in [3.63, 3.8) is 0 Å². The summed E-state index contributed by atoms with van der Waals surface area (Å²) < 4.78 is 1.76. The molecule has 1 aromatic carbocycles. The number of nitrogens with zero attached hydrogens (tertiary/aromatic N) is 4. The first kappa shape index (κ1) is 13.0. The zero-order valence-electron chi connectivity index (χ0n) is 12.7. The molecule has 0 fully saturated rings. The second kappa shape index (κ2) is 5.03. The minimum Gasteiger partial charge on any atom is -0.346 e. The second-order valence-corrected chi connectivity index (χ2v) is 5.67. The normalized spacial score (nSPS) is 11.3. The van der Waals surface area contributed by atoms with Crippen molar-refractivity contribution in [3.8, 4) is 22.3 Å². The van der Waals surface area contributed by atoms with E-state index in [1.807, 2.05) is 48.9 Å². The van der Waals surface area contributed by atoms with Gasteiger partial charge in [-0.3, -0.25) is 0 Å². The second-order valence-electron chi connectivity index (χ2n) is 5.67. The van der Waals surface area contributed by atoms with Crippen LogP contribution < -0.4 is 0 Å². The van der Waals surface area contributed by atoms with Gasteiger partial charge in [0.15, 0.2) is 5.65 Å². The molecular formula is C19H13N5. The number of aromatic nitrogens is 5. The number of nitrogens with one attached hydrogen (secondary N) is 1. The highest BCUT2D eigenvalue weighted by atomic mass is 15.3. The molecule has 0 aliphatic heterocycles. The molecule has 4 heterocycles. The lowest BCUT2D eigenvalue weighted by Gasteiger charge is -2.03. The molecule has 0 saturated carbocycles. The molecule has 4 aromatic heterocycles. The molecular weight excluding hydrogens is 298 g/mol. The first-order valence-corrected chi connectivity index (χ1v) is 7.71. The van der Waals surface area contributed by atoms with Gasteiger partial charge in [-0.1, -0.05) is 30.3 Å². The van der Waals surface area contributed by atoms with Gasteiger partial charge in [-0.15, -0.1) is 0 Å². The minimum atomic E-state index is 0.828. The quantitative estimate of drug-likeness (QED) is 0.537. The Balaban J connectivity index is 1.71. The fraction of sp³-hybridized carbons (Fsp3) is 0. The third-order valence-corrected chi connectivity index (χ3v) is 4.23. The van der Waals surface area contributed by atoms with E-state index in [1.165, 1.54) is 0 Å². The van der Waals surface area contributed by atoms with Crippen LogP contribution in [0, 0.1) is 0 Å². The van der Waals surface area contributed by atoms with Crippen molar-refractivity contribution in [2.75, 3.05) is 0 Å². The Kier molecular flexibility index (Phi) is 2.72. The third kappa shape index (κ3) is 1.99. The average Bonchev–Trinajstić information content (AvgIpc) is 3.27. The van der Waals surface area contributed by atoms with Crippen LogP contribution in [-0.2, 0) is 0 Å². The molecule has 5 nitrogen and oxygen atoms in total. The molecule has 0 unspecified atom stereocenters. The van der Waals surface area contributed by atoms with Gasteiger partial charge in [0.05, 0.1) is 0 Å². The Morgan fingerprint density at radius 2 is 1.79 bits per heavy atom. The predicted octanol–water partition coefficient (Wildman–Crippen LogP) is 3.94. The van der Waals surface area contributed by atoms with Gasteiger partial charge in [0, 0.05) is 35.1 Å². The van der Waals surface area contributed by atoms with Crippen molar-refractivity contribution in [1.82, 2.24) is 24.6 Å². The van der Waals surface area contributed by atoms with E-state index in [1.54, 1.807) is 10.8 Å². The number of fused-ring (bicyclic) bond motifs is 2. The van der Waals surface area contributed by atoms with E-state index in [9.17, 15) is 0 Å². The standard InChI is InChI=1S/C19H13N5/c1-2-4-13(5-3-1)15-8-16-17(11-21-19(16)20-10-15)14-6-7-24-18(9-14)22-12-23-24/h1-12H,(H,20,21). The van der Waals surface area contributed by atoms with Crippen molar-refractivity contribution in [1.29, 1.82) is 0 Å². The molecule has 5 heteroatoms. The van der Waals surface area contributed by atoms with Gasteiger partial charge >= 0.3 is 0 Å². The van der Waals surface area contributed by atoms with Gasteiger partial charge in [-0.2, -0.15) is 5.10 Å². The Hall–Kier alpha value is -3.47. The Morgan fingerprint density at radius 3 is 2.71 bits per heavy atom. The van der Waals surface area contributed by atoms with Crippen LogP contribution in [0.3, 0.4) is 0 Å². The number of benzene rings is 1. The number of hydrogen-bond acceptors (Lipinski definition) is 3. The maximum absolute atomic E-state index is 4.57. The number of rotatable bonds is 2. The summed E-state index contributed by atoms with van der Waals surface area (Å²) in [6.07, 6.45) is 7.38. The van der Waals surface area contributed by atoms with Crippen molar-refractivity contribution in [2.24, 2.45) is 0 Å². The van der Waals surface area contributed by atoms with E-state index in [-0.39, 0.29) is 0 Å². The van der Waals surface area contributed by atoms with E-state index in [4.69, 9.17) is 0 Å². The summed E-state index contributed by atoms with van der Waals surface area (Å²) in [6.45, 7) is 0. The number of H-pyrrole nitrogens is 1. The molecule has 5 aromatic rings. The Bertz CT molecular complexity index is 1150. The van der Waals surface area contributed by atoms with Gasteiger partial charge in [-0.25, -0.2) is 14.5 Å². The lowest BCUT2D eigenvalue weighted by atomic mass is 10.0. The molecule has 0 aliphatic rings. The monoisotopic (exact) mass is 311 g/mol. The summed E-state index contributed by atoms with van der Waals surface area (Å²) in [5.41, 5.74) is 6.18. The molecule has 114 valence electrons. The molecule has 0 radical (unpaired) electrons. The summed E-state index contributed by atoms with van der Waals surface area (Å²) >= 11 is 0. The highest BCUT2D eigenvalue weighted by Gasteiger charge is 2.10. The highest BCUT2D eigenvalue weighted by Crippen LogP contribution is 2.31. The Labute approximate surface area is 137 Å². The SMILES string of the molecule is c1ccc(-c2cnc3[nH]cc(-c4ccn5ncnc5c4)c3c2)cc1. The Morgan fingerprint density at radius 1 is 0.875 bits per heavy atom. The van der Waals surface area contributed by atoms with Crippen molar-refractivity contribution < 1.29 is 0 Å². The van der Waals surface area contributed by atoms with Crippen LogP contribution >= 0.6 is 0 Å². The molecule has 1 N–H and O–H groups in total. The molecule has 0 aliphatic carbocycles. The topological polar surface area (TPSA) is 58.9 Å². The first-order valence-electron chi connectivity index (χ1n) is 7.71. The zero-order valence-corrected chi connectivity index (χ0v) is 12.7. The van der Waals surface area contributed by atoms with Crippen LogP contribution in [0.1, 0.15) is 0 Å². The van der Waals surface area contributed by atoms with E-state index >= 15 is 0 Å². The van der Waals surface area contributed by atoms with Crippen LogP contribution in [0.15, 0.2) is 73.4 Å². The number of hydrogen-bond donors (Lipinski definition) is 1. The molecule has 0 saturated heterocycles. The fourth-order valence-corrected chi connectivity index (χ4v) is 3.01. The fourth-order valence-electron chi connectivity index (χ4n) is 3.01. The molecule has 0 atom stereocenters. The number of aromatic amines is 1. The van der Waals surface area contributed by atoms with Gasteiger partial charge in [0.1, 0.15) is 12.0 Å². The summed E-state index contributed by atoms with van der Waals surface area (Å²) in [6, 6.07) is 16.5. The molecule has 0 spiro atoms. The van der Waals surface area contributed by atoms with Gasteiger partial charge in [0.25, 0.3) is 0 Å². The van der Waals surface area contributed by atoms with Gasteiger partial charge < -0.3 is 4.98 Å². The summed E-state index contributed by atoms with van der Waals surface area (Å²) in [4.78, 5) is 12.1. The third-order valence-electron chi connectivity index (χ3n) is 4.23.